The number of thiophene rings is 1. The molecule has 1 N–H and O–H groups in total. The van der Waals surface area contributed by atoms with E-state index in [9.17, 15) is 4.79 Å². The molecule has 1 saturated heterocycles. The van der Waals surface area contributed by atoms with Gasteiger partial charge in [-0.15, -0.1) is 11.3 Å². The third-order valence-corrected chi connectivity index (χ3v) is 4.89. The number of rotatable bonds is 6. The van der Waals surface area contributed by atoms with E-state index in [0.29, 0.717) is 6.42 Å². The highest BCUT2D eigenvalue weighted by Gasteiger charge is 2.21. The number of carbonyl (C=O) groups is 1. The van der Waals surface area contributed by atoms with Crippen molar-refractivity contribution in [2.75, 3.05) is 26.2 Å². The molecule has 1 fully saturated rings. The number of nitrogens with zero attached hydrogens (tertiary/aromatic N) is 4. The van der Waals surface area contributed by atoms with Crippen molar-refractivity contribution in [1.82, 2.24) is 25.0 Å². The summed E-state index contributed by atoms with van der Waals surface area (Å²) in [7, 11) is 0. The number of nitrogens with one attached hydrogen (secondary N) is 1. The SMILES string of the molecule is O=C(CCCc1cccs1)N1CCN(Cc2ncn[nH]2)CC1. The molecule has 0 atom stereocenters. The molecule has 2 aromatic heterocycles. The first kappa shape index (κ1) is 15.2. The second-order valence-corrected chi connectivity index (χ2v) is 6.55. The van der Waals surface area contributed by atoms with Crippen molar-refractivity contribution in [3.05, 3.63) is 34.5 Å². The molecule has 0 aromatic carbocycles. The van der Waals surface area contributed by atoms with Crippen molar-refractivity contribution in [3.63, 3.8) is 0 Å². The molecule has 6 nitrogen and oxygen atoms in total. The van der Waals surface area contributed by atoms with Gasteiger partial charge in [0.15, 0.2) is 0 Å². The molecule has 3 heterocycles. The van der Waals surface area contributed by atoms with Crippen LogP contribution in [0, 0.1) is 0 Å². The van der Waals surface area contributed by atoms with E-state index in [2.05, 4.69) is 37.6 Å². The Morgan fingerprint density at radius 1 is 1.32 bits per heavy atom. The van der Waals surface area contributed by atoms with Crippen molar-refractivity contribution in [2.45, 2.75) is 25.8 Å². The maximum absolute atomic E-state index is 12.2. The van der Waals surface area contributed by atoms with Gasteiger partial charge in [0.05, 0.1) is 6.54 Å². The molecule has 1 aliphatic heterocycles. The quantitative estimate of drug-likeness (QED) is 0.877. The Kier molecular flexibility index (Phi) is 5.18. The maximum atomic E-state index is 12.2. The highest BCUT2D eigenvalue weighted by Crippen LogP contribution is 2.13. The zero-order valence-electron chi connectivity index (χ0n) is 12.6. The van der Waals surface area contributed by atoms with Crippen LogP contribution in [0.3, 0.4) is 0 Å². The average Bonchev–Trinajstić information content (AvgIpc) is 3.21. The largest absolute Gasteiger partial charge is 0.340 e. The van der Waals surface area contributed by atoms with Gasteiger partial charge in [0.2, 0.25) is 5.91 Å². The summed E-state index contributed by atoms with van der Waals surface area (Å²) in [5.74, 6) is 1.17. The van der Waals surface area contributed by atoms with E-state index in [4.69, 9.17) is 0 Å². The van der Waals surface area contributed by atoms with Crippen LogP contribution in [0.2, 0.25) is 0 Å². The Bertz CT molecular complexity index is 561. The number of aryl methyl sites for hydroxylation is 1. The van der Waals surface area contributed by atoms with Gasteiger partial charge in [-0.2, -0.15) is 5.10 Å². The van der Waals surface area contributed by atoms with Crippen molar-refractivity contribution >= 4 is 17.2 Å². The molecule has 1 amide bonds. The van der Waals surface area contributed by atoms with Gasteiger partial charge in [-0.1, -0.05) is 6.07 Å². The van der Waals surface area contributed by atoms with Crippen molar-refractivity contribution in [2.24, 2.45) is 0 Å². The zero-order chi connectivity index (χ0) is 15.2. The van der Waals surface area contributed by atoms with E-state index in [1.165, 1.54) is 11.2 Å². The lowest BCUT2D eigenvalue weighted by atomic mass is 10.2. The van der Waals surface area contributed by atoms with Crippen molar-refractivity contribution in [1.29, 1.82) is 0 Å². The minimum atomic E-state index is 0.288. The normalized spacial score (nSPS) is 16.1. The molecular formula is C15H21N5OS. The molecule has 2 aromatic rings. The second-order valence-electron chi connectivity index (χ2n) is 5.52. The standard InChI is InChI=1S/C15H21N5OS/c21-15(5-1-3-13-4-2-10-22-13)20-8-6-19(7-9-20)11-14-16-12-17-18-14/h2,4,10,12H,1,3,5-9,11H2,(H,16,17,18). The fourth-order valence-corrected chi connectivity index (χ4v) is 3.45. The van der Waals surface area contributed by atoms with E-state index in [1.807, 2.05) is 4.90 Å². The number of piperazine rings is 1. The fraction of sp³-hybridized carbons (Fsp3) is 0.533. The van der Waals surface area contributed by atoms with Gasteiger partial charge in [0, 0.05) is 37.5 Å². The van der Waals surface area contributed by atoms with Gasteiger partial charge in [0.25, 0.3) is 0 Å². The fourth-order valence-electron chi connectivity index (χ4n) is 2.70. The molecule has 7 heteroatoms. The minimum Gasteiger partial charge on any atom is -0.340 e. The first-order chi connectivity index (χ1) is 10.8. The Balaban J connectivity index is 1.36. The summed E-state index contributed by atoms with van der Waals surface area (Å²) in [5, 5.41) is 8.82. The van der Waals surface area contributed by atoms with Gasteiger partial charge in [0.1, 0.15) is 12.2 Å². The predicted molar refractivity (Wildman–Crippen MR) is 85.5 cm³/mol. The van der Waals surface area contributed by atoms with Crippen LogP contribution in [0.25, 0.3) is 0 Å². The highest BCUT2D eigenvalue weighted by molar-refractivity contribution is 7.09. The van der Waals surface area contributed by atoms with Gasteiger partial charge in [-0.05, 0) is 24.3 Å². The number of aromatic amines is 1. The third kappa shape index (κ3) is 4.14. The molecule has 0 saturated carbocycles. The van der Waals surface area contributed by atoms with Crippen molar-refractivity contribution in [3.8, 4) is 0 Å². The lowest BCUT2D eigenvalue weighted by Gasteiger charge is -2.34. The summed E-state index contributed by atoms with van der Waals surface area (Å²) in [4.78, 5) is 22.0. The molecule has 0 radical (unpaired) electrons. The van der Waals surface area contributed by atoms with Gasteiger partial charge < -0.3 is 4.90 Å². The summed E-state index contributed by atoms with van der Waals surface area (Å²) >= 11 is 1.77. The number of H-pyrrole nitrogens is 1. The molecule has 0 bridgehead atoms. The molecular weight excluding hydrogens is 298 g/mol. The Hall–Kier alpha value is -1.73. The Morgan fingerprint density at radius 2 is 2.18 bits per heavy atom. The Morgan fingerprint density at radius 3 is 2.86 bits per heavy atom. The maximum Gasteiger partial charge on any atom is 0.222 e. The van der Waals surface area contributed by atoms with Crippen molar-refractivity contribution < 1.29 is 4.79 Å². The Labute approximate surface area is 134 Å². The monoisotopic (exact) mass is 319 g/mol. The predicted octanol–water partition coefficient (Wildman–Crippen LogP) is 1.53. The van der Waals surface area contributed by atoms with E-state index in [1.54, 1.807) is 11.3 Å². The van der Waals surface area contributed by atoms with Crippen LogP contribution in [-0.4, -0.2) is 57.1 Å². The first-order valence-corrected chi connectivity index (χ1v) is 8.56. The first-order valence-electron chi connectivity index (χ1n) is 7.68. The lowest BCUT2D eigenvalue weighted by molar-refractivity contribution is -0.133. The molecule has 1 aliphatic rings. The summed E-state index contributed by atoms with van der Waals surface area (Å²) < 4.78 is 0. The molecule has 3 rings (SSSR count). The van der Waals surface area contributed by atoms with Crippen LogP contribution in [0.1, 0.15) is 23.5 Å². The molecule has 0 spiro atoms. The van der Waals surface area contributed by atoms with E-state index >= 15 is 0 Å². The van der Waals surface area contributed by atoms with Crippen LogP contribution in [0.5, 0.6) is 0 Å². The van der Waals surface area contributed by atoms with E-state index in [0.717, 1.165) is 51.4 Å². The number of amides is 1. The number of aromatic nitrogens is 3. The smallest absolute Gasteiger partial charge is 0.222 e. The topological polar surface area (TPSA) is 65.1 Å². The van der Waals surface area contributed by atoms with Crippen LogP contribution in [-0.2, 0) is 17.8 Å². The third-order valence-electron chi connectivity index (χ3n) is 3.96. The number of carbonyl (C=O) groups excluding carboxylic acids is 1. The summed E-state index contributed by atoms with van der Waals surface area (Å²) in [5.41, 5.74) is 0. The molecule has 22 heavy (non-hydrogen) atoms. The van der Waals surface area contributed by atoms with E-state index < -0.39 is 0 Å². The summed E-state index contributed by atoms with van der Waals surface area (Å²) in [6.45, 7) is 4.20. The number of hydrogen-bond donors (Lipinski definition) is 1. The minimum absolute atomic E-state index is 0.288. The van der Waals surface area contributed by atoms with Gasteiger partial charge >= 0.3 is 0 Å². The van der Waals surface area contributed by atoms with Crippen LogP contribution >= 0.6 is 11.3 Å². The van der Waals surface area contributed by atoms with Gasteiger partial charge in [-0.25, -0.2) is 4.98 Å². The highest BCUT2D eigenvalue weighted by atomic mass is 32.1. The lowest BCUT2D eigenvalue weighted by Crippen LogP contribution is -2.48. The summed E-state index contributed by atoms with van der Waals surface area (Å²) in [6, 6.07) is 4.20. The molecule has 0 unspecified atom stereocenters. The summed E-state index contributed by atoms with van der Waals surface area (Å²) in [6.07, 6.45) is 4.13. The molecule has 0 aliphatic carbocycles. The van der Waals surface area contributed by atoms with Crippen LogP contribution in [0.15, 0.2) is 23.8 Å². The van der Waals surface area contributed by atoms with Crippen LogP contribution in [0.4, 0.5) is 0 Å². The second kappa shape index (κ2) is 7.51. The average molecular weight is 319 g/mol. The number of hydrogen-bond acceptors (Lipinski definition) is 5. The van der Waals surface area contributed by atoms with E-state index in [-0.39, 0.29) is 5.91 Å². The van der Waals surface area contributed by atoms with Crippen LogP contribution < -0.4 is 0 Å². The zero-order valence-corrected chi connectivity index (χ0v) is 13.4. The molecule has 118 valence electrons. The van der Waals surface area contributed by atoms with Gasteiger partial charge in [-0.3, -0.25) is 14.8 Å².